The van der Waals surface area contributed by atoms with Crippen molar-refractivity contribution in [3.05, 3.63) is 34.9 Å². The van der Waals surface area contributed by atoms with Crippen LogP contribution in [0.3, 0.4) is 0 Å². The van der Waals surface area contributed by atoms with E-state index in [0.717, 1.165) is 24.0 Å². The van der Waals surface area contributed by atoms with Gasteiger partial charge in [0.2, 0.25) is 0 Å². The smallest absolute Gasteiger partial charge is 0.407 e. The van der Waals surface area contributed by atoms with Gasteiger partial charge in [-0.25, -0.2) is 4.79 Å². The van der Waals surface area contributed by atoms with E-state index < -0.39 is 11.7 Å². The van der Waals surface area contributed by atoms with Gasteiger partial charge >= 0.3 is 12.1 Å². The Balaban J connectivity index is 1.91. The maximum absolute atomic E-state index is 12.9. The first-order valence-corrected chi connectivity index (χ1v) is 10.6. The van der Waals surface area contributed by atoms with Crippen molar-refractivity contribution in [3.8, 4) is 11.8 Å². The Bertz CT molecular complexity index is 861. The van der Waals surface area contributed by atoms with Crippen molar-refractivity contribution in [3.63, 3.8) is 0 Å². The second kappa shape index (κ2) is 11.4. The standard InChI is InChI=1S/C24H32N2O5/c1-24(2,3)31-23(29)25-14-7-5-6-9-18-11-12-19-10-8-15-26(16-13-21(27)30-4)22(28)20(19)17-18/h11-12,17H,5,7-8,10,13-16H2,1-4H3,(H,25,29). The summed E-state index contributed by atoms with van der Waals surface area (Å²) in [4.78, 5) is 37.7. The number of esters is 1. The van der Waals surface area contributed by atoms with Crippen molar-refractivity contribution in [2.75, 3.05) is 26.7 Å². The molecule has 1 N–H and O–H groups in total. The molecule has 2 amide bonds. The number of fused-ring (bicyclic) bond motifs is 1. The number of alkyl carbamates (subject to hydrolysis) is 1. The highest BCUT2D eigenvalue weighted by Crippen LogP contribution is 2.20. The van der Waals surface area contributed by atoms with Crippen molar-refractivity contribution in [2.45, 2.75) is 58.5 Å². The number of carbonyl (C=O) groups is 3. The van der Waals surface area contributed by atoms with Crippen LogP contribution >= 0.6 is 0 Å². The van der Waals surface area contributed by atoms with Gasteiger partial charge in [-0.1, -0.05) is 17.9 Å². The Hall–Kier alpha value is -3.01. The van der Waals surface area contributed by atoms with Gasteiger partial charge in [-0.2, -0.15) is 0 Å². The van der Waals surface area contributed by atoms with E-state index in [0.29, 0.717) is 38.0 Å². The van der Waals surface area contributed by atoms with E-state index in [2.05, 4.69) is 21.9 Å². The summed E-state index contributed by atoms with van der Waals surface area (Å²) < 4.78 is 9.86. The molecule has 0 radical (unpaired) electrons. The van der Waals surface area contributed by atoms with Crippen molar-refractivity contribution in [1.82, 2.24) is 10.2 Å². The number of methoxy groups -OCH3 is 1. The molecule has 1 aromatic carbocycles. The Labute approximate surface area is 184 Å². The quantitative estimate of drug-likeness (QED) is 0.427. The lowest BCUT2D eigenvalue weighted by Crippen LogP contribution is -2.33. The fraction of sp³-hybridized carbons (Fsp3) is 0.542. The summed E-state index contributed by atoms with van der Waals surface area (Å²) >= 11 is 0. The number of hydrogen-bond acceptors (Lipinski definition) is 5. The summed E-state index contributed by atoms with van der Waals surface area (Å²) in [5.74, 6) is 5.80. The van der Waals surface area contributed by atoms with Gasteiger partial charge in [0, 0.05) is 37.2 Å². The van der Waals surface area contributed by atoms with E-state index >= 15 is 0 Å². The zero-order valence-electron chi connectivity index (χ0n) is 18.9. The number of carbonyl (C=O) groups excluding carboxylic acids is 3. The topological polar surface area (TPSA) is 84.9 Å². The minimum absolute atomic E-state index is 0.0680. The van der Waals surface area contributed by atoms with Crippen molar-refractivity contribution < 1.29 is 23.9 Å². The van der Waals surface area contributed by atoms with Gasteiger partial charge in [0.15, 0.2) is 0 Å². The predicted molar refractivity (Wildman–Crippen MR) is 118 cm³/mol. The summed E-state index contributed by atoms with van der Waals surface area (Å²) in [7, 11) is 1.35. The van der Waals surface area contributed by atoms with E-state index in [1.807, 2.05) is 39.0 Å². The second-order valence-electron chi connectivity index (χ2n) is 8.43. The molecule has 7 nitrogen and oxygen atoms in total. The average molecular weight is 429 g/mol. The molecule has 1 aliphatic rings. The van der Waals surface area contributed by atoms with E-state index in [9.17, 15) is 14.4 Å². The zero-order valence-corrected chi connectivity index (χ0v) is 18.9. The SMILES string of the molecule is COC(=O)CCN1CCCc2ccc(C#CCCCNC(=O)OC(C)(C)C)cc2C1=O. The maximum atomic E-state index is 12.9. The van der Waals surface area contributed by atoms with Crippen LogP contribution in [-0.2, 0) is 20.7 Å². The van der Waals surface area contributed by atoms with Gasteiger partial charge < -0.3 is 19.7 Å². The normalized spacial score (nSPS) is 13.4. The first kappa shape index (κ1) is 24.3. The number of aryl methyl sites for hydroxylation is 1. The molecule has 168 valence electrons. The first-order chi connectivity index (χ1) is 14.7. The summed E-state index contributed by atoms with van der Waals surface area (Å²) in [5.41, 5.74) is 1.93. The molecule has 0 unspecified atom stereocenters. The van der Waals surface area contributed by atoms with Crippen LogP contribution in [0.5, 0.6) is 0 Å². The van der Waals surface area contributed by atoms with E-state index in [1.54, 1.807) is 4.90 Å². The Morgan fingerprint density at radius 1 is 1.26 bits per heavy atom. The molecule has 1 aliphatic heterocycles. The fourth-order valence-electron chi connectivity index (χ4n) is 3.19. The molecule has 0 bridgehead atoms. The molecule has 0 fully saturated rings. The average Bonchev–Trinajstić information content (AvgIpc) is 2.86. The minimum Gasteiger partial charge on any atom is -0.469 e. The Morgan fingerprint density at radius 2 is 2.03 bits per heavy atom. The number of amides is 2. The molecule has 31 heavy (non-hydrogen) atoms. The molecule has 0 aromatic heterocycles. The third kappa shape index (κ3) is 8.33. The molecule has 0 saturated carbocycles. The van der Waals surface area contributed by atoms with Gasteiger partial charge in [0.05, 0.1) is 13.5 Å². The van der Waals surface area contributed by atoms with Crippen molar-refractivity contribution >= 4 is 18.0 Å². The number of ether oxygens (including phenoxy) is 2. The molecule has 1 heterocycles. The van der Waals surface area contributed by atoms with Crippen molar-refractivity contribution in [2.24, 2.45) is 0 Å². The molecule has 1 aromatic rings. The molecule has 0 spiro atoms. The van der Waals surface area contributed by atoms with Crippen LogP contribution in [0.25, 0.3) is 0 Å². The van der Waals surface area contributed by atoms with Crippen LogP contribution in [-0.4, -0.2) is 55.2 Å². The third-order valence-corrected chi connectivity index (χ3v) is 4.69. The minimum atomic E-state index is -0.512. The van der Waals surface area contributed by atoms with Crippen LogP contribution in [0.4, 0.5) is 4.79 Å². The molecule has 0 atom stereocenters. The van der Waals surface area contributed by atoms with Crippen LogP contribution in [0.1, 0.15) is 67.9 Å². The highest BCUT2D eigenvalue weighted by atomic mass is 16.6. The number of unbranched alkanes of at least 4 members (excludes halogenated alkanes) is 1. The first-order valence-electron chi connectivity index (χ1n) is 10.6. The fourth-order valence-corrected chi connectivity index (χ4v) is 3.19. The summed E-state index contributed by atoms with van der Waals surface area (Å²) in [6.45, 7) is 6.92. The van der Waals surface area contributed by atoms with Crippen LogP contribution in [0, 0.1) is 11.8 Å². The highest BCUT2D eigenvalue weighted by molar-refractivity contribution is 5.96. The van der Waals surface area contributed by atoms with Gasteiger partial charge in [-0.3, -0.25) is 9.59 Å². The van der Waals surface area contributed by atoms with E-state index in [-0.39, 0.29) is 18.3 Å². The molecule has 0 aliphatic carbocycles. The maximum Gasteiger partial charge on any atom is 0.407 e. The predicted octanol–water partition coefficient (Wildman–Crippen LogP) is 3.29. The lowest BCUT2D eigenvalue weighted by atomic mass is 10.0. The van der Waals surface area contributed by atoms with E-state index in [1.165, 1.54) is 7.11 Å². The van der Waals surface area contributed by atoms with Crippen LogP contribution in [0.15, 0.2) is 18.2 Å². The number of hydrogen-bond donors (Lipinski definition) is 1. The largest absolute Gasteiger partial charge is 0.469 e. The Morgan fingerprint density at radius 3 is 2.74 bits per heavy atom. The lowest BCUT2D eigenvalue weighted by Gasteiger charge is -2.20. The van der Waals surface area contributed by atoms with Crippen LogP contribution < -0.4 is 5.32 Å². The number of nitrogens with one attached hydrogen (secondary N) is 1. The zero-order chi connectivity index (χ0) is 22.9. The molecule has 0 saturated heterocycles. The highest BCUT2D eigenvalue weighted by Gasteiger charge is 2.23. The van der Waals surface area contributed by atoms with Crippen LogP contribution in [0.2, 0.25) is 0 Å². The van der Waals surface area contributed by atoms with Gasteiger partial charge in [0.1, 0.15) is 5.60 Å². The van der Waals surface area contributed by atoms with Gasteiger partial charge in [-0.15, -0.1) is 0 Å². The van der Waals surface area contributed by atoms with Gasteiger partial charge in [0.25, 0.3) is 5.91 Å². The summed E-state index contributed by atoms with van der Waals surface area (Å²) in [6.07, 6.45) is 2.76. The number of nitrogens with zero attached hydrogens (tertiary/aromatic N) is 1. The lowest BCUT2D eigenvalue weighted by molar-refractivity contribution is -0.140. The number of benzene rings is 1. The second-order valence-corrected chi connectivity index (χ2v) is 8.43. The number of rotatable bonds is 6. The third-order valence-electron chi connectivity index (χ3n) is 4.69. The Kier molecular flexibility index (Phi) is 8.92. The molecular formula is C24H32N2O5. The summed E-state index contributed by atoms with van der Waals surface area (Å²) in [6, 6.07) is 5.73. The van der Waals surface area contributed by atoms with Gasteiger partial charge in [-0.05, 0) is 57.7 Å². The molecule has 7 heteroatoms. The molecule has 2 rings (SSSR count). The molecular weight excluding hydrogens is 396 g/mol. The monoisotopic (exact) mass is 428 g/mol. The van der Waals surface area contributed by atoms with E-state index in [4.69, 9.17) is 4.74 Å². The van der Waals surface area contributed by atoms with Crippen molar-refractivity contribution in [1.29, 1.82) is 0 Å². The summed E-state index contributed by atoms with van der Waals surface area (Å²) in [5, 5.41) is 2.71.